The van der Waals surface area contributed by atoms with Crippen LogP contribution in [0.25, 0.3) is 0 Å². The van der Waals surface area contributed by atoms with Gasteiger partial charge in [-0.1, -0.05) is 29.5 Å². The summed E-state index contributed by atoms with van der Waals surface area (Å²) in [7, 11) is 3.08. The van der Waals surface area contributed by atoms with E-state index in [1.54, 1.807) is 43.6 Å². The van der Waals surface area contributed by atoms with Crippen LogP contribution in [0, 0.1) is 13.8 Å². The highest BCUT2D eigenvalue weighted by Crippen LogP contribution is 2.32. The molecule has 0 saturated heterocycles. The molecule has 0 spiro atoms. The van der Waals surface area contributed by atoms with Crippen molar-refractivity contribution in [1.82, 2.24) is 10.3 Å². The van der Waals surface area contributed by atoms with Crippen molar-refractivity contribution in [3.05, 3.63) is 77.0 Å². The van der Waals surface area contributed by atoms with Crippen LogP contribution in [0.5, 0.6) is 11.5 Å². The maximum atomic E-state index is 12.9. The quantitative estimate of drug-likeness (QED) is 0.545. The average molecular weight is 439 g/mol. The summed E-state index contributed by atoms with van der Waals surface area (Å²) in [5.74, 6) is 0.817. The van der Waals surface area contributed by atoms with Crippen LogP contribution >= 0.6 is 11.8 Å². The Labute approximate surface area is 186 Å². The number of aryl methyl sites for hydroxylation is 2. The average Bonchev–Trinajstić information content (AvgIpc) is 2.79. The largest absolute Gasteiger partial charge is 0.497 e. The number of aliphatic hydroxyl groups excluding tert-OH is 1. The summed E-state index contributed by atoms with van der Waals surface area (Å²) in [5, 5.41) is 14.1. The van der Waals surface area contributed by atoms with Gasteiger partial charge in [0.25, 0.3) is 5.91 Å². The third-order valence-electron chi connectivity index (χ3n) is 4.80. The summed E-state index contributed by atoms with van der Waals surface area (Å²) in [6.07, 6.45) is 0.708. The predicted molar refractivity (Wildman–Crippen MR) is 121 cm³/mol. The lowest BCUT2D eigenvalue weighted by Crippen LogP contribution is -2.29. The number of carbonyl (C=O) groups is 1. The molecule has 3 aromatic rings. The van der Waals surface area contributed by atoms with Crippen molar-refractivity contribution in [2.45, 2.75) is 29.9 Å². The van der Waals surface area contributed by atoms with Crippen LogP contribution in [0.3, 0.4) is 0 Å². The summed E-state index contributed by atoms with van der Waals surface area (Å²) in [6, 6.07) is 14.8. The molecule has 0 radical (unpaired) electrons. The summed E-state index contributed by atoms with van der Waals surface area (Å²) in [6.45, 7) is 4.10. The SMILES string of the molecule is COc1ccc(OC)c(C(O)CNC(=O)c2cccnc2Sc2ccc(C)cc2C)c1. The molecule has 0 aliphatic carbocycles. The second-order valence-corrected chi connectivity index (χ2v) is 8.09. The van der Waals surface area contributed by atoms with Gasteiger partial charge >= 0.3 is 0 Å². The zero-order valence-corrected chi connectivity index (χ0v) is 18.8. The van der Waals surface area contributed by atoms with Crippen molar-refractivity contribution in [1.29, 1.82) is 0 Å². The summed E-state index contributed by atoms with van der Waals surface area (Å²) >= 11 is 1.45. The molecule has 1 atom stereocenters. The number of methoxy groups -OCH3 is 2. The van der Waals surface area contributed by atoms with Crippen molar-refractivity contribution in [2.24, 2.45) is 0 Å². The molecule has 31 heavy (non-hydrogen) atoms. The Morgan fingerprint density at radius 2 is 1.94 bits per heavy atom. The van der Waals surface area contributed by atoms with Crippen molar-refractivity contribution in [3.8, 4) is 11.5 Å². The fourth-order valence-corrected chi connectivity index (χ4v) is 4.11. The molecule has 162 valence electrons. The predicted octanol–water partition coefficient (Wildman–Crippen LogP) is 4.33. The molecule has 0 aliphatic heterocycles. The van der Waals surface area contributed by atoms with Crippen LogP contribution in [-0.2, 0) is 0 Å². The number of ether oxygens (including phenoxy) is 2. The lowest BCUT2D eigenvalue weighted by Gasteiger charge is -2.17. The van der Waals surface area contributed by atoms with Gasteiger partial charge < -0.3 is 19.9 Å². The smallest absolute Gasteiger partial charge is 0.254 e. The van der Waals surface area contributed by atoms with Gasteiger partial charge in [-0.25, -0.2) is 4.98 Å². The summed E-state index contributed by atoms with van der Waals surface area (Å²) in [4.78, 5) is 18.3. The Hall–Kier alpha value is -3.03. The number of nitrogens with zero attached hydrogens (tertiary/aromatic N) is 1. The van der Waals surface area contributed by atoms with Gasteiger partial charge in [0.05, 0.1) is 19.8 Å². The van der Waals surface area contributed by atoms with Crippen LogP contribution in [-0.4, -0.2) is 36.8 Å². The molecular formula is C24H26N2O4S. The molecular weight excluding hydrogens is 412 g/mol. The molecule has 6 nitrogen and oxygen atoms in total. The zero-order valence-electron chi connectivity index (χ0n) is 18.0. The minimum absolute atomic E-state index is 0.0188. The Morgan fingerprint density at radius 1 is 1.13 bits per heavy atom. The van der Waals surface area contributed by atoms with Gasteiger partial charge in [-0.3, -0.25) is 4.79 Å². The Kier molecular flexibility index (Phi) is 7.55. The number of hydrogen-bond acceptors (Lipinski definition) is 6. The standard InChI is InChI=1S/C24H26N2O4S/c1-15-7-10-22(16(2)12-15)31-24-18(6-5-11-25-24)23(28)26-14-20(27)19-13-17(29-3)8-9-21(19)30-4/h5-13,20,27H,14H2,1-4H3,(H,26,28). The van der Waals surface area contributed by atoms with E-state index in [0.29, 0.717) is 27.7 Å². The maximum Gasteiger partial charge on any atom is 0.254 e. The number of carbonyl (C=O) groups excluding carboxylic acids is 1. The fourth-order valence-electron chi connectivity index (χ4n) is 3.16. The molecule has 0 aliphatic rings. The molecule has 1 aromatic heterocycles. The number of rotatable bonds is 8. The summed E-state index contributed by atoms with van der Waals surface area (Å²) < 4.78 is 10.5. The van der Waals surface area contributed by atoms with E-state index in [1.807, 2.05) is 26.0 Å². The Balaban J connectivity index is 1.74. The molecule has 1 unspecified atom stereocenters. The number of pyridine rings is 1. The zero-order chi connectivity index (χ0) is 22.4. The molecule has 2 N–H and O–H groups in total. The maximum absolute atomic E-state index is 12.9. The number of benzene rings is 2. The number of aromatic nitrogens is 1. The van der Waals surface area contributed by atoms with Gasteiger partial charge in [-0.15, -0.1) is 0 Å². The van der Waals surface area contributed by atoms with Crippen molar-refractivity contribution in [3.63, 3.8) is 0 Å². The molecule has 3 rings (SSSR count). The monoisotopic (exact) mass is 438 g/mol. The first-order valence-electron chi connectivity index (χ1n) is 9.81. The minimum Gasteiger partial charge on any atom is -0.497 e. The number of aliphatic hydroxyl groups is 1. The van der Waals surface area contributed by atoms with Crippen LogP contribution in [0.4, 0.5) is 0 Å². The first kappa shape index (κ1) is 22.7. The first-order chi connectivity index (χ1) is 14.9. The van der Waals surface area contributed by atoms with E-state index in [9.17, 15) is 9.90 Å². The third kappa shape index (κ3) is 5.57. The molecule has 0 saturated carbocycles. The van der Waals surface area contributed by atoms with E-state index in [2.05, 4.69) is 16.4 Å². The van der Waals surface area contributed by atoms with Gasteiger partial charge in [0, 0.05) is 23.2 Å². The lowest BCUT2D eigenvalue weighted by molar-refractivity contribution is 0.0911. The van der Waals surface area contributed by atoms with Crippen molar-refractivity contribution >= 4 is 17.7 Å². The third-order valence-corrected chi connectivity index (χ3v) is 6.00. The normalized spacial score (nSPS) is 11.6. The molecule has 7 heteroatoms. The summed E-state index contributed by atoms with van der Waals surface area (Å²) in [5.41, 5.74) is 3.31. The van der Waals surface area contributed by atoms with E-state index < -0.39 is 6.10 Å². The van der Waals surface area contributed by atoms with Crippen LogP contribution in [0.15, 0.2) is 64.6 Å². The van der Waals surface area contributed by atoms with Gasteiger partial charge in [0.1, 0.15) is 22.6 Å². The van der Waals surface area contributed by atoms with E-state index in [-0.39, 0.29) is 12.5 Å². The van der Waals surface area contributed by atoms with Crippen LogP contribution < -0.4 is 14.8 Å². The second-order valence-electron chi connectivity index (χ2n) is 7.06. The highest BCUT2D eigenvalue weighted by molar-refractivity contribution is 7.99. The molecule has 2 aromatic carbocycles. The first-order valence-corrected chi connectivity index (χ1v) is 10.6. The highest BCUT2D eigenvalue weighted by atomic mass is 32.2. The van der Waals surface area contributed by atoms with Crippen molar-refractivity contribution < 1.29 is 19.4 Å². The lowest BCUT2D eigenvalue weighted by atomic mass is 10.1. The number of nitrogens with one attached hydrogen (secondary N) is 1. The molecule has 0 bridgehead atoms. The van der Waals surface area contributed by atoms with Gasteiger partial charge in [-0.2, -0.15) is 0 Å². The second kappa shape index (κ2) is 10.3. The van der Waals surface area contributed by atoms with Gasteiger partial charge in [0.2, 0.25) is 0 Å². The van der Waals surface area contributed by atoms with Gasteiger partial charge in [-0.05, 0) is 55.8 Å². The minimum atomic E-state index is -0.957. The van der Waals surface area contributed by atoms with E-state index in [1.165, 1.54) is 24.4 Å². The fraction of sp³-hybridized carbons (Fsp3) is 0.250. The highest BCUT2D eigenvalue weighted by Gasteiger charge is 2.18. The Bertz CT molecular complexity index is 1070. The Morgan fingerprint density at radius 3 is 2.65 bits per heavy atom. The number of amides is 1. The van der Waals surface area contributed by atoms with Crippen LogP contribution in [0.1, 0.15) is 33.2 Å². The number of hydrogen-bond donors (Lipinski definition) is 2. The van der Waals surface area contributed by atoms with Crippen molar-refractivity contribution in [2.75, 3.05) is 20.8 Å². The van der Waals surface area contributed by atoms with Gasteiger partial charge in [0.15, 0.2) is 0 Å². The van der Waals surface area contributed by atoms with E-state index in [4.69, 9.17) is 9.47 Å². The molecule has 1 heterocycles. The topological polar surface area (TPSA) is 80.7 Å². The van der Waals surface area contributed by atoms with E-state index >= 15 is 0 Å². The molecule has 1 amide bonds. The van der Waals surface area contributed by atoms with Crippen LogP contribution in [0.2, 0.25) is 0 Å². The molecule has 0 fully saturated rings. The van der Waals surface area contributed by atoms with E-state index in [0.717, 1.165) is 10.5 Å².